The summed E-state index contributed by atoms with van der Waals surface area (Å²) in [6.07, 6.45) is -1.10. The van der Waals surface area contributed by atoms with Gasteiger partial charge >= 0.3 is 6.18 Å². The third-order valence-electron chi connectivity index (χ3n) is 5.05. The fraction of sp³-hybridized carbons (Fsp3) is 0.533. The Morgan fingerprint density at radius 2 is 2.05 bits per heavy atom. The fourth-order valence-corrected chi connectivity index (χ4v) is 4.16. The summed E-state index contributed by atoms with van der Waals surface area (Å²) in [5.41, 5.74) is 0.285. The van der Waals surface area contributed by atoms with Crippen molar-refractivity contribution in [3.05, 3.63) is 23.8 Å². The molecule has 6 heteroatoms. The number of rotatable bonds is 0. The largest absolute Gasteiger partial charge is 0.416 e. The van der Waals surface area contributed by atoms with Gasteiger partial charge in [-0.15, -0.1) is 0 Å². The molecule has 1 aromatic rings. The van der Waals surface area contributed by atoms with Gasteiger partial charge in [0.15, 0.2) is 0 Å². The first-order chi connectivity index (χ1) is 9.95. The summed E-state index contributed by atoms with van der Waals surface area (Å²) in [5.74, 6) is 0.686. The molecule has 0 radical (unpaired) electrons. The molecular formula is C15H15F3N2O. The number of halogens is 3. The monoisotopic (exact) mass is 296 g/mol. The molecule has 2 aliphatic heterocycles. The van der Waals surface area contributed by atoms with Gasteiger partial charge in [0, 0.05) is 6.54 Å². The number of nitrogens with zero attached hydrogens (tertiary/aromatic N) is 1. The van der Waals surface area contributed by atoms with E-state index in [2.05, 4.69) is 5.32 Å². The van der Waals surface area contributed by atoms with E-state index in [-0.39, 0.29) is 17.6 Å². The Morgan fingerprint density at radius 1 is 1.24 bits per heavy atom. The molecule has 4 rings (SSSR count). The van der Waals surface area contributed by atoms with E-state index in [1.54, 1.807) is 0 Å². The van der Waals surface area contributed by atoms with Crippen LogP contribution in [0.2, 0.25) is 0 Å². The summed E-state index contributed by atoms with van der Waals surface area (Å²) < 4.78 is 38.4. The fourth-order valence-electron chi connectivity index (χ4n) is 4.16. The van der Waals surface area contributed by atoms with Crippen molar-refractivity contribution < 1.29 is 18.0 Å². The SMILES string of the molecule is O=C1Nc2cc(C(F)(F)F)ccc2N2CC3CCCC3C12. The molecule has 3 nitrogen and oxygen atoms in total. The van der Waals surface area contributed by atoms with Crippen molar-refractivity contribution in [3.63, 3.8) is 0 Å². The molecule has 21 heavy (non-hydrogen) atoms. The predicted molar refractivity (Wildman–Crippen MR) is 72.0 cm³/mol. The van der Waals surface area contributed by atoms with E-state index >= 15 is 0 Å². The Morgan fingerprint density at radius 3 is 2.81 bits per heavy atom. The highest BCUT2D eigenvalue weighted by Crippen LogP contribution is 2.48. The first-order valence-electron chi connectivity index (χ1n) is 7.24. The maximum absolute atomic E-state index is 12.8. The number of hydrogen-bond donors (Lipinski definition) is 1. The van der Waals surface area contributed by atoms with E-state index in [4.69, 9.17) is 0 Å². The molecule has 1 amide bonds. The Labute approximate surface area is 120 Å². The van der Waals surface area contributed by atoms with Gasteiger partial charge in [0.2, 0.25) is 5.91 Å². The number of alkyl halides is 3. The summed E-state index contributed by atoms with van der Waals surface area (Å²) >= 11 is 0. The molecule has 3 unspecified atom stereocenters. The van der Waals surface area contributed by atoms with Crippen molar-refractivity contribution in [1.29, 1.82) is 0 Å². The van der Waals surface area contributed by atoms with Gasteiger partial charge in [-0.1, -0.05) is 6.42 Å². The minimum absolute atomic E-state index is 0.156. The molecular weight excluding hydrogens is 281 g/mol. The number of benzene rings is 1. The normalized spacial score (nSPS) is 30.7. The van der Waals surface area contributed by atoms with Crippen LogP contribution in [0.25, 0.3) is 0 Å². The molecule has 1 saturated heterocycles. The molecule has 0 spiro atoms. The molecule has 112 valence electrons. The second-order valence-electron chi connectivity index (χ2n) is 6.17. The van der Waals surface area contributed by atoms with Gasteiger partial charge in [-0.05, 0) is 42.9 Å². The van der Waals surface area contributed by atoms with E-state index in [1.807, 2.05) is 4.90 Å². The number of nitrogens with one attached hydrogen (secondary N) is 1. The van der Waals surface area contributed by atoms with Gasteiger partial charge in [-0.25, -0.2) is 0 Å². The summed E-state index contributed by atoms with van der Waals surface area (Å²) in [7, 11) is 0. The van der Waals surface area contributed by atoms with E-state index < -0.39 is 11.7 Å². The van der Waals surface area contributed by atoms with Crippen LogP contribution in [0.5, 0.6) is 0 Å². The standard InChI is InChI=1S/C15H15F3N2O/c16-15(17,18)9-4-5-12-11(6-9)19-14(21)13-10-3-1-2-8(10)7-20(12)13/h4-6,8,10,13H,1-3,7H2,(H,19,21). The van der Waals surface area contributed by atoms with Gasteiger partial charge in [-0.3, -0.25) is 4.79 Å². The third-order valence-corrected chi connectivity index (χ3v) is 5.05. The Kier molecular flexibility index (Phi) is 2.56. The van der Waals surface area contributed by atoms with Crippen LogP contribution in [-0.2, 0) is 11.0 Å². The molecule has 1 saturated carbocycles. The van der Waals surface area contributed by atoms with Crippen molar-refractivity contribution >= 4 is 17.3 Å². The number of hydrogen-bond acceptors (Lipinski definition) is 2. The second-order valence-corrected chi connectivity index (χ2v) is 6.17. The van der Waals surface area contributed by atoms with Gasteiger partial charge in [0.05, 0.1) is 16.9 Å². The van der Waals surface area contributed by atoms with Crippen LogP contribution >= 0.6 is 0 Å². The van der Waals surface area contributed by atoms with Crippen LogP contribution < -0.4 is 10.2 Å². The summed E-state index contributed by atoms with van der Waals surface area (Å²) in [5, 5.41) is 2.68. The van der Waals surface area contributed by atoms with Gasteiger partial charge in [0.1, 0.15) is 6.04 Å². The van der Waals surface area contributed by atoms with E-state index in [0.29, 0.717) is 11.8 Å². The van der Waals surface area contributed by atoms with Gasteiger partial charge in [-0.2, -0.15) is 13.2 Å². The molecule has 2 heterocycles. The molecule has 1 N–H and O–H groups in total. The second kappa shape index (κ2) is 4.15. The number of fused-ring (bicyclic) bond motifs is 5. The lowest BCUT2D eigenvalue weighted by Crippen LogP contribution is -2.46. The average molecular weight is 296 g/mol. The van der Waals surface area contributed by atoms with Gasteiger partial charge in [0.25, 0.3) is 0 Å². The van der Waals surface area contributed by atoms with E-state index in [1.165, 1.54) is 6.07 Å². The maximum atomic E-state index is 12.8. The zero-order valence-electron chi connectivity index (χ0n) is 11.3. The van der Waals surface area contributed by atoms with Crippen LogP contribution in [0.1, 0.15) is 24.8 Å². The zero-order chi connectivity index (χ0) is 14.8. The molecule has 1 aliphatic carbocycles. The first-order valence-corrected chi connectivity index (χ1v) is 7.24. The highest BCUT2D eigenvalue weighted by Gasteiger charge is 2.50. The van der Waals surface area contributed by atoms with Crippen molar-refractivity contribution in [1.82, 2.24) is 0 Å². The van der Waals surface area contributed by atoms with Gasteiger partial charge < -0.3 is 10.2 Å². The highest BCUT2D eigenvalue weighted by molar-refractivity contribution is 6.04. The zero-order valence-corrected chi connectivity index (χ0v) is 11.3. The number of amides is 1. The quantitative estimate of drug-likeness (QED) is 0.797. The minimum atomic E-state index is -4.39. The topological polar surface area (TPSA) is 32.3 Å². The predicted octanol–water partition coefficient (Wildman–Crippen LogP) is 3.26. The summed E-state index contributed by atoms with van der Waals surface area (Å²) in [6.45, 7) is 0.779. The molecule has 3 atom stereocenters. The number of carbonyl (C=O) groups is 1. The Hall–Kier alpha value is -1.72. The van der Waals surface area contributed by atoms with Crippen molar-refractivity contribution in [2.45, 2.75) is 31.5 Å². The number of anilines is 2. The van der Waals surface area contributed by atoms with Crippen molar-refractivity contribution in [2.24, 2.45) is 11.8 Å². The lowest BCUT2D eigenvalue weighted by atomic mass is 9.92. The van der Waals surface area contributed by atoms with Crippen molar-refractivity contribution in [3.8, 4) is 0 Å². The molecule has 3 aliphatic rings. The summed E-state index contributed by atoms with van der Waals surface area (Å²) in [6, 6.07) is 3.42. The Balaban J connectivity index is 1.75. The molecule has 1 aromatic carbocycles. The molecule has 0 aromatic heterocycles. The third kappa shape index (κ3) is 1.84. The van der Waals surface area contributed by atoms with Crippen LogP contribution in [0, 0.1) is 11.8 Å². The Bertz CT molecular complexity index is 613. The van der Waals surface area contributed by atoms with Crippen LogP contribution in [0.3, 0.4) is 0 Å². The maximum Gasteiger partial charge on any atom is 0.416 e. The minimum Gasteiger partial charge on any atom is -0.357 e. The smallest absolute Gasteiger partial charge is 0.357 e. The van der Waals surface area contributed by atoms with E-state index in [9.17, 15) is 18.0 Å². The van der Waals surface area contributed by atoms with Crippen molar-refractivity contribution in [2.75, 3.05) is 16.8 Å². The first kappa shape index (κ1) is 13.0. The van der Waals surface area contributed by atoms with Crippen LogP contribution in [0.15, 0.2) is 18.2 Å². The van der Waals surface area contributed by atoms with E-state index in [0.717, 1.165) is 43.6 Å². The molecule has 0 bridgehead atoms. The number of carbonyl (C=O) groups excluding carboxylic acids is 1. The van der Waals surface area contributed by atoms with Crippen LogP contribution in [0.4, 0.5) is 24.5 Å². The summed E-state index contributed by atoms with van der Waals surface area (Å²) in [4.78, 5) is 14.3. The highest BCUT2D eigenvalue weighted by atomic mass is 19.4. The lowest BCUT2D eigenvalue weighted by Gasteiger charge is -2.35. The van der Waals surface area contributed by atoms with Crippen LogP contribution in [-0.4, -0.2) is 18.5 Å². The molecule has 2 fully saturated rings. The lowest BCUT2D eigenvalue weighted by molar-refractivity contribution is -0.137. The average Bonchev–Trinajstić information content (AvgIpc) is 2.96.